The van der Waals surface area contributed by atoms with E-state index in [0.717, 1.165) is 31.3 Å². The normalized spacial score (nSPS) is 48.7. The molecule has 0 aromatic heterocycles. The van der Waals surface area contributed by atoms with Gasteiger partial charge in [-0.25, -0.2) is 0 Å². The molecule has 0 aromatic rings. The zero-order valence-corrected chi connectivity index (χ0v) is 9.59. The van der Waals surface area contributed by atoms with E-state index in [1.165, 1.54) is 25.7 Å². The number of carbonyl (C=O) groups is 1. The first-order valence-corrected chi connectivity index (χ1v) is 6.44. The van der Waals surface area contributed by atoms with Crippen LogP contribution < -0.4 is 5.32 Å². The first kappa shape index (κ1) is 9.83. The monoisotopic (exact) mass is 207 g/mol. The second-order valence-corrected chi connectivity index (χ2v) is 6.13. The number of hydrogen-bond donors (Lipinski definition) is 1. The summed E-state index contributed by atoms with van der Waals surface area (Å²) in [5.74, 6) is 2.65. The molecule has 0 spiro atoms. The average Bonchev–Trinajstić information content (AvgIpc) is 2.91. The number of fused-ring (bicyclic) bond motifs is 2. The molecule has 1 aliphatic heterocycles. The molecule has 1 heterocycles. The summed E-state index contributed by atoms with van der Waals surface area (Å²) >= 11 is 0. The highest BCUT2D eigenvalue weighted by atomic mass is 16.1. The van der Waals surface area contributed by atoms with Crippen LogP contribution in [0.2, 0.25) is 0 Å². The number of ketones is 1. The van der Waals surface area contributed by atoms with Crippen LogP contribution in [0.1, 0.15) is 39.0 Å². The fourth-order valence-electron chi connectivity index (χ4n) is 4.04. The molecule has 2 saturated carbocycles. The molecule has 84 valence electrons. The quantitative estimate of drug-likeness (QED) is 0.750. The summed E-state index contributed by atoms with van der Waals surface area (Å²) in [5, 5.41) is 3.34. The third-order valence-electron chi connectivity index (χ3n) is 5.04. The fraction of sp³-hybridized carbons (Fsp3) is 0.923. The van der Waals surface area contributed by atoms with Crippen molar-refractivity contribution in [3.63, 3.8) is 0 Å². The van der Waals surface area contributed by atoms with E-state index in [-0.39, 0.29) is 5.41 Å². The van der Waals surface area contributed by atoms with Crippen LogP contribution in [0.3, 0.4) is 0 Å². The number of carbonyl (C=O) groups excluding carboxylic acids is 1. The van der Waals surface area contributed by atoms with Crippen molar-refractivity contribution in [3.05, 3.63) is 0 Å². The predicted octanol–water partition coefficient (Wildman–Crippen LogP) is 1.99. The highest BCUT2D eigenvalue weighted by molar-refractivity contribution is 5.88. The van der Waals surface area contributed by atoms with Crippen LogP contribution >= 0.6 is 0 Å². The van der Waals surface area contributed by atoms with Crippen LogP contribution in [0.15, 0.2) is 0 Å². The SMILES string of the molecule is CC1(C(=O)C2CC3CCC2C3)CCNC1. The van der Waals surface area contributed by atoms with Crippen LogP contribution in [-0.2, 0) is 4.79 Å². The number of rotatable bonds is 2. The predicted molar refractivity (Wildman–Crippen MR) is 59.5 cm³/mol. The largest absolute Gasteiger partial charge is 0.316 e. The van der Waals surface area contributed by atoms with Gasteiger partial charge in [0, 0.05) is 17.9 Å². The molecule has 0 aromatic carbocycles. The van der Waals surface area contributed by atoms with E-state index in [4.69, 9.17) is 0 Å². The van der Waals surface area contributed by atoms with Crippen molar-refractivity contribution >= 4 is 5.78 Å². The van der Waals surface area contributed by atoms with Gasteiger partial charge in [0.05, 0.1) is 0 Å². The maximum atomic E-state index is 12.5. The van der Waals surface area contributed by atoms with Gasteiger partial charge in [-0.2, -0.15) is 0 Å². The van der Waals surface area contributed by atoms with Gasteiger partial charge >= 0.3 is 0 Å². The summed E-state index contributed by atoms with van der Waals surface area (Å²) in [6, 6.07) is 0. The molecule has 15 heavy (non-hydrogen) atoms. The molecule has 3 aliphatic rings. The highest BCUT2D eigenvalue weighted by Crippen LogP contribution is 2.50. The lowest BCUT2D eigenvalue weighted by Gasteiger charge is -2.29. The highest BCUT2D eigenvalue weighted by Gasteiger charge is 2.48. The average molecular weight is 207 g/mol. The lowest BCUT2D eigenvalue weighted by Crippen LogP contribution is -2.37. The van der Waals surface area contributed by atoms with Crippen molar-refractivity contribution in [1.29, 1.82) is 0 Å². The fourth-order valence-corrected chi connectivity index (χ4v) is 4.04. The van der Waals surface area contributed by atoms with Crippen LogP contribution in [0.4, 0.5) is 0 Å². The lowest BCUT2D eigenvalue weighted by atomic mass is 9.73. The Morgan fingerprint density at radius 1 is 1.33 bits per heavy atom. The van der Waals surface area contributed by atoms with Crippen LogP contribution in [0.25, 0.3) is 0 Å². The minimum atomic E-state index is -0.0326. The Morgan fingerprint density at radius 2 is 2.20 bits per heavy atom. The number of nitrogens with one attached hydrogen (secondary N) is 1. The van der Waals surface area contributed by atoms with E-state index in [1.54, 1.807) is 0 Å². The smallest absolute Gasteiger partial charge is 0.143 e. The van der Waals surface area contributed by atoms with Gasteiger partial charge in [0.25, 0.3) is 0 Å². The minimum Gasteiger partial charge on any atom is -0.316 e. The van der Waals surface area contributed by atoms with Gasteiger partial charge in [-0.3, -0.25) is 4.79 Å². The van der Waals surface area contributed by atoms with Crippen molar-refractivity contribution in [3.8, 4) is 0 Å². The second kappa shape index (κ2) is 3.31. The van der Waals surface area contributed by atoms with Gasteiger partial charge in [-0.15, -0.1) is 0 Å². The molecule has 2 nitrogen and oxygen atoms in total. The Bertz CT molecular complexity index is 280. The number of Topliss-reactive ketones (excluding diaryl/α,β-unsaturated/α-hetero) is 1. The van der Waals surface area contributed by atoms with Gasteiger partial charge < -0.3 is 5.32 Å². The van der Waals surface area contributed by atoms with Crippen molar-refractivity contribution in [2.45, 2.75) is 39.0 Å². The summed E-state index contributed by atoms with van der Waals surface area (Å²) in [6.45, 7) is 4.12. The van der Waals surface area contributed by atoms with E-state index < -0.39 is 0 Å². The topological polar surface area (TPSA) is 29.1 Å². The third-order valence-corrected chi connectivity index (χ3v) is 5.04. The standard InChI is InChI=1S/C13H21NO/c1-13(4-5-14-8-13)12(15)11-7-9-2-3-10(11)6-9/h9-11,14H,2-8H2,1H3. The van der Waals surface area contributed by atoms with Crippen LogP contribution in [-0.4, -0.2) is 18.9 Å². The van der Waals surface area contributed by atoms with E-state index in [0.29, 0.717) is 11.7 Å². The Balaban J connectivity index is 1.74. The lowest BCUT2D eigenvalue weighted by molar-refractivity contribution is -0.132. The first-order valence-electron chi connectivity index (χ1n) is 6.44. The summed E-state index contributed by atoms with van der Waals surface area (Å²) in [5.41, 5.74) is -0.0326. The summed E-state index contributed by atoms with van der Waals surface area (Å²) in [4.78, 5) is 12.5. The maximum absolute atomic E-state index is 12.5. The molecule has 1 N–H and O–H groups in total. The van der Waals surface area contributed by atoms with E-state index >= 15 is 0 Å². The summed E-state index contributed by atoms with van der Waals surface area (Å²) in [6.07, 6.45) is 6.33. The molecule has 2 aliphatic carbocycles. The zero-order chi connectivity index (χ0) is 10.5. The Morgan fingerprint density at radius 3 is 2.73 bits per heavy atom. The van der Waals surface area contributed by atoms with Crippen molar-refractivity contribution in [1.82, 2.24) is 5.32 Å². The molecule has 3 fully saturated rings. The molecule has 2 heteroatoms. The molecule has 0 radical (unpaired) electrons. The first-order chi connectivity index (χ1) is 7.19. The summed E-state index contributed by atoms with van der Waals surface area (Å²) < 4.78 is 0. The molecule has 3 rings (SSSR count). The molecule has 0 amide bonds. The molecule has 2 bridgehead atoms. The van der Waals surface area contributed by atoms with Gasteiger partial charge in [0.1, 0.15) is 5.78 Å². The van der Waals surface area contributed by atoms with Crippen molar-refractivity contribution < 1.29 is 4.79 Å². The second-order valence-electron chi connectivity index (χ2n) is 6.13. The van der Waals surface area contributed by atoms with Crippen molar-refractivity contribution in [2.24, 2.45) is 23.2 Å². The molecular formula is C13H21NO. The summed E-state index contributed by atoms with van der Waals surface area (Å²) in [7, 11) is 0. The Labute approximate surface area is 91.8 Å². The Kier molecular flexibility index (Phi) is 2.17. The van der Waals surface area contributed by atoms with Crippen molar-refractivity contribution in [2.75, 3.05) is 13.1 Å². The number of hydrogen-bond acceptors (Lipinski definition) is 2. The van der Waals surface area contributed by atoms with Gasteiger partial charge in [-0.1, -0.05) is 13.3 Å². The minimum absolute atomic E-state index is 0.0326. The van der Waals surface area contributed by atoms with Gasteiger partial charge in [0.15, 0.2) is 0 Å². The van der Waals surface area contributed by atoms with Crippen LogP contribution in [0, 0.1) is 23.2 Å². The molecule has 4 atom stereocenters. The molecule has 4 unspecified atom stereocenters. The van der Waals surface area contributed by atoms with Gasteiger partial charge in [0.2, 0.25) is 0 Å². The molecule has 1 saturated heterocycles. The Hall–Kier alpha value is -0.370. The van der Waals surface area contributed by atoms with Crippen LogP contribution in [0.5, 0.6) is 0 Å². The van der Waals surface area contributed by atoms with E-state index in [2.05, 4.69) is 12.2 Å². The zero-order valence-electron chi connectivity index (χ0n) is 9.59. The molecular weight excluding hydrogens is 186 g/mol. The van der Waals surface area contributed by atoms with E-state index in [9.17, 15) is 4.79 Å². The maximum Gasteiger partial charge on any atom is 0.143 e. The van der Waals surface area contributed by atoms with Gasteiger partial charge in [-0.05, 0) is 44.1 Å². The third kappa shape index (κ3) is 1.45. The van der Waals surface area contributed by atoms with E-state index in [1.807, 2.05) is 0 Å².